The fourth-order valence-electron chi connectivity index (χ4n) is 3.20. The Morgan fingerprint density at radius 2 is 1.93 bits per heavy atom. The minimum absolute atomic E-state index is 0.229. The van der Waals surface area contributed by atoms with Crippen molar-refractivity contribution in [3.63, 3.8) is 0 Å². The van der Waals surface area contributed by atoms with Gasteiger partial charge in [-0.15, -0.1) is 10.2 Å². The fourth-order valence-corrected chi connectivity index (χ4v) is 3.37. The third-order valence-electron chi connectivity index (χ3n) is 4.66. The van der Waals surface area contributed by atoms with Crippen molar-refractivity contribution in [3.05, 3.63) is 53.1 Å². The summed E-state index contributed by atoms with van der Waals surface area (Å²) in [4.78, 5) is 20.7. The van der Waals surface area contributed by atoms with Gasteiger partial charge in [0.15, 0.2) is 11.5 Å². The molecule has 0 atom stereocenters. The normalized spacial score (nSPS) is 15.3. The number of hydrogen-bond acceptors (Lipinski definition) is 6. The number of pyridine rings is 1. The van der Waals surface area contributed by atoms with Crippen molar-refractivity contribution in [3.8, 4) is 0 Å². The molecule has 8 nitrogen and oxygen atoms in total. The second kappa shape index (κ2) is 7.50. The van der Waals surface area contributed by atoms with E-state index in [1.165, 1.54) is 0 Å². The predicted octanol–water partition coefficient (Wildman–Crippen LogP) is 1.46. The number of rotatable bonds is 4. The number of nitrogens with one attached hydrogen (secondary N) is 1. The molecule has 4 heterocycles. The quantitative estimate of drug-likeness (QED) is 0.732. The Labute approximate surface area is 161 Å². The van der Waals surface area contributed by atoms with Crippen LogP contribution in [0.3, 0.4) is 0 Å². The van der Waals surface area contributed by atoms with Gasteiger partial charge in [0.05, 0.1) is 10.7 Å². The third-order valence-corrected chi connectivity index (χ3v) is 4.88. The van der Waals surface area contributed by atoms with Gasteiger partial charge in [0.25, 0.3) is 5.91 Å². The van der Waals surface area contributed by atoms with Crippen LogP contribution < -0.4 is 10.2 Å². The van der Waals surface area contributed by atoms with E-state index < -0.39 is 0 Å². The van der Waals surface area contributed by atoms with Crippen molar-refractivity contribution < 1.29 is 4.79 Å². The van der Waals surface area contributed by atoms with Crippen molar-refractivity contribution >= 4 is 29.0 Å². The number of halogens is 1. The Kier molecular flexibility index (Phi) is 4.91. The number of carbonyl (C=O) groups is 1. The summed E-state index contributed by atoms with van der Waals surface area (Å²) < 4.78 is 1.96. The predicted molar refractivity (Wildman–Crippen MR) is 103 cm³/mol. The molecule has 1 aliphatic rings. The van der Waals surface area contributed by atoms with Gasteiger partial charge in [-0.25, -0.2) is 4.98 Å². The van der Waals surface area contributed by atoms with E-state index in [9.17, 15) is 4.79 Å². The SMILES string of the molecule is CNC(=O)c1ccc(N2CCN(Cc3cn4cc(Cl)ccc4n3)CC2)nn1. The van der Waals surface area contributed by atoms with Crippen LogP contribution in [0.1, 0.15) is 16.2 Å². The lowest BCUT2D eigenvalue weighted by Gasteiger charge is -2.34. The van der Waals surface area contributed by atoms with Gasteiger partial charge in [-0.1, -0.05) is 11.6 Å². The molecule has 140 valence electrons. The summed E-state index contributed by atoms with van der Waals surface area (Å²) in [5, 5.41) is 11.4. The standard InChI is InChI=1S/C18H20ClN7O/c1-20-18(27)15-3-5-17(23-22-15)25-8-6-24(7-9-25)11-14-12-26-10-13(19)2-4-16(26)21-14/h2-5,10,12H,6-9,11H2,1H3,(H,20,27). The summed E-state index contributed by atoms with van der Waals surface area (Å²) in [7, 11) is 1.58. The van der Waals surface area contributed by atoms with Gasteiger partial charge in [-0.2, -0.15) is 0 Å². The van der Waals surface area contributed by atoms with Crippen LogP contribution in [0.4, 0.5) is 5.82 Å². The van der Waals surface area contributed by atoms with Crippen LogP contribution in [0.2, 0.25) is 5.02 Å². The largest absolute Gasteiger partial charge is 0.354 e. The van der Waals surface area contributed by atoms with Gasteiger partial charge in [0, 0.05) is 52.2 Å². The molecule has 9 heteroatoms. The zero-order valence-electron chi connectivity index (χ0n) is 15.0. The number of piperazine rings is 1. The van der Waals surface area contributed by atoms with Crippen LogP contribution in [0.15, 0.2) is 36.7 Å². The van der Waals surface area contributed by atoms with Gasteiger partial charge in [-0.3, -0.25) is 9.69 Å². The molecule has 0 aliphatic carbocycles. The Hall–Kier alpha value is -2.71. The number of imidazole rings is 1. The van der Waals surface area contributed by atoms with Gasteiger partial charge in [0.1, 0.15) is 5.65 Å². The average molecular weight is 386 g/mol. The zero-order chi connectivity index (χ0) is 18.8. The highest BCUT2D eigenvalue weighted by molar-refractivity contribution is 6.30. The van der Waals surface area contributed by atoms with E-state index in [0.29, 0.717) is 10.7 Å². The van der Waals surface area contributed by atoms with Crippen LogP contribution in [0.25, 0.3) is 5.65 Å². The van der Waals surface area contributed by atoms with E-state index in [1.54, 1.807) is 13.1 Å². The summed E-state index contributed by atoms with van der Waals surface area (Å²) in [5.74, 6) is 0.567. The molecular weight excluding hydrogens is 366 g/mol. The first-order chi connectivity index (χ1) is 13.1. The van der Waals surface area contributed by atoms with E-state index >= 15 is 0 Å². The summed E-state index contributed by atoms with van der Waals surface area (Å²) in [6.45, 7) is 4.33. The first kappa shape index (κ1) is 17.7. The lowest BCUT2D eigenvalue weighted by atomic mass is 10.3. The summed E-state index contributed by atoms with van der Waals surface area (Å²) in [6, 6.07) is 7.32. The Bertz CT molecular complexity index is 948. The second-order valence-corrected chi connectivity index (χ2v) is 6.90. The highest BCUT2D eigenvalue weighted by atomic mass is 35.5. The number of amides is 1. The summed E-state index contributed by atoms with van der Waals surface area (Å²) >= 11 is 6.03. The molecule has 0 bridgehead atoms. The number of hydrogen-bond donors (Lipinski definition) is 1. The average Bonchev–Trinajstić information content (AvgIpc) is 3.09. The summed E-state index contributed by atoms with van der Waals surface area (Å²) in [5.41, 5.74) is 2.26. The Morgan fingerprint density at radius 3 is 2.63 bits per heavy atom. The van der Waals surface area contributed by atoms with E-state index in [1.807, 2.05) is 35.0 Å². The van der Waals surface area contributed by atoms with Crippen LogP contribution in [0.5, 0.6) is 0 Å². The topological polar surface area (TPSA) is 78.7 Å². The minimum atomic E-state index is -0.229. The van der Waals surface area contributed by atoms with Gasteiger partial charge in [-0.05, 0) is 24.3 Å². The molecule has 1 aliphatic heterocycles. The number of aromatic nitrogens is 4. The number of nitrogens with zero attached hydrogens (tertiary/aromatic N) is 6. The Morgan fingerprint density at radius 1 is 1.11 bits per heavy atom. The molecule has 0 spiro atoms. The number of anilines is 1. The molecule has 0 aromatic carbocycles. The lowest BCUT2D eigenvalue weighted by Crippen LogP contribution is -2.46. The molecule has 1 fully saturated rings. The van der Waals surface area contributed by atoms with Gasteiger partial charge in [0.2, 0.25) is 0 Å². The van der Waals surface area contributed by atoms with E-state index in [2.05, 4.69) is 30.3 Å². The molecule has 1 amide bonds. The molecule has 3 aromatic rings. The Balaban J connectivity index is 1.36. The summed E-state index contributed by atoms with van der Waals surface area (Å²) in [6.07, 6.45) is 3.89. The van der Waals surface area contributed by atoms with Crippen molar-refractivity contribution in [2.75, 3.05) is 38.1 Å². The molecule has 1 N–H and O–H groups in total. The maximum atomic E-state index is 11.6. The van der Waals surface area contributed by atoms with Gasteiger partial charge < -0.3 is 14.6 Å². The van der Waals surface area contributed by atoms with Crippen molar-refractivity contribution in [2.24, 2.45) is 0 Å². The van der Waals surface area contributed by atoms with Crippen LogP contribution >= 0.6 is 11.6 Å². The second-order valence-electron chi connectivity index (χ2n) is 6.46. The highest BCUT2D eigenvalue weighted by Crippen LogP contribution is 2.16. The first-order valence-corrected chi connectivity index (χ1v) is 9.16. The lowest BCUT2D eigenvalue weighted by molar-refractivity contribution is 0.0957. The van der Waals surface area contributed by atoms with Gasteiger partial charge >= 0.3 is 0 Å². The van der Waals surface area contributed by atoms with E-state index in [-0.39, 0.29) is 5.91 Å². The molecule has 27 heavy (non-hydrogen) atoms. The van der Waals surface area contributed by atoms with Crippen LogP contribution in [-0.4, -0.2) is 63.6 Å². The molecular formula is C18H20ClN7O. The highest BCUT2D eigenvalue weighted by Gasteiger charge is 2.19. The molecule has 0 radical (unpaired) electrons. The zero-order valence-corrected chi connectivity index (χ0v) is 15.7. The molecule has 1 saturated heterocycles. The van der Waals surface area contributed by atoms with Crippen molar-refractivity contribution in [1.29, 1.82) is 0 Å². The third kappa shape index (κ3) is 3.86. The molecule has 0 unspecified atom stereocenters. The van der Waals surface area contributed by atoms with E-state index in [4.69, 9.17) is 11.6 Å². The smallest absolute Gasteiger partial charge is 0.271 e. The van der Waals surface area contributed by atoms with Crippen molar-refractivity contribution in [2.45, 2.75) is 6.54 Å². The molecule has 4 rings (SSSR count). The van der Waals surface area contributed by atoms with Crippen LogP contribution in [0, 0.1) is 0 Å². The minimum Gasteiger partial charge on any atom is -0.354 e. The molecule has 0 saturated carbocycles. The van der Waals surface area contributed by atoms with Crippen LogP contribution in [-0.2, 0) is 6.54 Å². The van der Waals surface area contributed by atoms with Crippen molar-refractivity contribution in [1.82, 2.24) is 29.8 Å². The number of fused-ring (bicyclic) bond motifs is 1. The monoisotopic (exact) mass is 385 g/mol. The number of carbonyl (C=O) groups excluding carboxylic acids is 1. The molecule has 3 aromatic heterocycles. The fraction of sp³-hybridized carbons (Fsp3) is 0.333. The first-order valence-electron chi connectivity index (χ1n) is 8.78. The van der Waals surface area contributed by atoms with E-state index in [0.717, 1.165) is 49.9 Å². The maximum absolute atomic E-state index is 11.6. The maximum Gasteiger partial charge on any atom is 0.271 e.